The van der Waals surface area contributed by atoms with Crippen LogP contribution in [0.2, 0.25) is 10.0 Å². The molecule has 3 nitrogen and oxygen atoms in total. The third kappa shape index (κ3) is 3.87. The van der Waals surface area contributed by atoms with E-state index in [1.54, 1.807) is 18.2 Å². The van der Waals surface area contributed by atoms with Gasteiger partial charge in [-0.15, -0.1) is 0 Å². The number of hydrogen-bond donors (Lipinski definition) is 2. The SMILES string of the molecule is CNC1(CC(=O)Nc2cc(Cl)ccc2Cl)CCCCC1. The minimum atomic E-state index is -0.0760. The molecule has 110 valence electrons. The van der Waals surface area contributed by atoms with Crippen LogP contribution in [-0.4, -0.2) is 18.5 Å². The van der Waals surface area contributed by atoms with Crippen LogP contribution in [-0.2, 0) is 4.79 Å². The number of carbonyl (C=O) groups excluding carboxylic acids is 1. The van der Waals surface area contributed by atoms with E-state index >= 15 is 0 Å². The Balaban J connectivity index is 2.02. The van der Waals surface area contributed by atoms with E-state index in [1.807, 2.05) is 7.05 Å². The molecule has 0 atom stereocenters. The highest BCUT2D eigenvalue weighted by atomic mass is 35.5. The van der Waals surface area contributed by atoms with Gasteiger partial charge in [0.15, 0.2) is 0 Å². The first-order valence-corrected chi connectivity index (χ1v) is 7.74. The lowest BCUT2D eigenvalue weighted by molar-refractivity contribution is -0.117. The van der Waals surface area contributed by atoms with Gasteiger partial charge in [0.2, 0.25) is 5.91 Å². The molecule has 0 bridgehead atoms. The van der Waals surface area contributed by atoms with Gasteiger partial charge < -0.3 is 10.6 Å². The van der Waals surface area contributed by atoms with Gasteiger partial charge in [-0.05, 0) is 38.1 Å². The quantitative estimate of drug-likeness (QED) is 0.872. The molecule has 0 saturated heterocycles. The molecule has 2 rings (SSSR count). The van der Waals surface area contributed by atoms with E-state index in [0.29, 0.717) is 22.2 Å². The van der Waals surface area contributed by atoms with Crippen LogP contribution in [0, 0.1) is 0 Å². The molecule has 1 amide bonds. The van der Waals surface area contributed by atoms with E-state index in [1.165, 1.54) is 19.3 Å². The molecule has 1 aliphatic rings. The Morgan fingerprint density at radius 1 is 1.25 bits per heavy atom. The number of anilines is 1. The third-order valence-electron chi connectivity index (χ3n) is 4.04. The lowest BCUT2D eigenvalue weighted by atomic mass is 9.79. The molecule has 0 aromatic heterocycles. The molecule has 1 fully saturated rings. The van der Waals surface area contributed by atoms with Crippen LogP contribution in [0.4, 0.5) is 5.69 Å². The van der Waals surface area contributed by atoms with Crippen LogP contribution in [0.25, 0.3) is 0 Å². The Hall–Kier alpha value is -0.770. The second kappa shape index (κ2) is 6.79. The van der Waals surface area contributed by atoms with Gasteiger partial charge in [-0.3, -0.25) is 4.79 Å². The molecule has 0 aliphatic heterocycles. The third-order valence-corrected chi connectivity index (χ3v) is 4.61. The molecule has 5 heteroatoms. The molecule has 0 heterocycles. The van der Waals surface area contributed by atoms with Crippen molar-refractivity contribution in [1.29, 1.82) is 0 Å². The number of amides is 1. The molecule has 1 aromatic rings. The fourth-order valence-corrected chi connectivity index (χ4v) is 3.18. The summed E-state index contributed by atoms with van der Waals surface area (Å²) in [7, 11) is 1.94. The summed E-state index contributed by atoms with van der Waals surface area (Å²) < 4.78 is 0. The number of carbonyl (C=O) groups is 1. The van der Waals surface area contributed by atoms with Gasteiger partial charge in [-0.1, -0.05) is 42.5 Å². The number of rotatable bonds is 4. The van der Waals surface area contributed by atoms with E-state index in [9.17, 15) is 4.79 Å². The van der Waals surface area contributed by atoms with Crippen LogP contribution in [0.3, 0.4) is 0 Å². The zero-order valence-electron chi connectivity index (χ0n) is 11.6. The molecule has 0 spiro atoms. The normalized spacial score (nSPS) is 17.8. The van der Waals surface area contributed by atoms with Crippen molar-refractivity contribution in [2.24, 2.45) is 0 Å². The molecular formula is C15H20Cl2N2O. The van der Waals surface area contributed by atoms with Crippen LogP contribution >= 0.6 is 23.2 Å². The van der Waals surface area contributed by atoms with Crippen molar-refractivity contribution in [3.05, 3.63) is 28.2 Å². The topological polar surface area (TPSA) is 41.1 Å². The standard InChI is InChI=1S/C15H20Cl2N2O/c1-18-15(7-3-2-4-8-15)10-14(20)19-13-9-11(16)5-6-12(13)17/h5-6,9,18H,2-4,7-8,10H2,1H3,(H,19,20). The highest BCUT2D eigenvalue weighted by Gasteiger charge is 2.32. The summed E-state index contributed by atoms with van der Waals surface area (Å²) in [6.45, 7) is 0. The molecule has 0 radical (unpaired) electrons. The summed E-state index contributed by atoms with van der Waals surface area (Å²) in [6.07, 6.45) is 6.15. The summed E-state index contributed by atoms with van der Waals surface area (Å²) >= 11 is 12.0. The van der Waals surface area contributed by atoms with Crippen molar-refractivity contribution in [1.82, 2.24) is 5.32 Å². The zero-order valence-corrected chi connectivity index (χ0v) is 13.2. The summed E-state index contributed by atoms with van der Waals surface area (Å²) in [5.41, 5.74) is 0.499. The summed E-state index contributed by atoms with van der Waals surface area (Å²) in [5, 5.41) is 7.27. The van der Waals surface area contributed by atoms with Gasteiger partial charge >= 0.3 is 0 Å². The van der Waals surface area contributed by atoms with Crippen LogP contribution in [0.5, 0.6) is 0 Å². The minimum Gasteiger partial charge on any atom is -0.325 e. The monoisotopic (exact) mass is 314 g/mol. The van der Waals surface area contributed by atoms with Gasteiger partial charge in [-0.25, -0.2) is 0 Å². The zero-order chi connectivity index (χ0) is 14.6. The number of halogens is 2. The van der Waals surface area contributed by atoms with Gasteiger partial charge in [0.25, 0.3) is 0 Å². The molecular weight excluding hydrogens is 295 g/mol. The van der Waals surface area contributed by atoms with Crippen molar-refractivity contribution in [2.45, 2.75) is 44.1 Å². The first kappa shape index (κ1) is 15.6. The highest BCUT2D eigenvalue weighted by Crippen LogP contribution is 2.32. The van der Waals surface area contributed by atoms with E-state index in [4.69, 9.17) is 23.2 Å². The van der Waals surface area contributed by atoms with E-state index in [0.717, 1.165) is 12.8 Å². The number of benzene rings is 1. The Kier molecular flexibility index (Phi) is 5.30. The molecule has 1 saturated carbocycles. The fourth-order valence-electron chi connectivity index (χ4n) is 2.84. The molecule has 2 N–H and O–H groups in total. The molecule has 0 unspecified atom stereocenters. The average molecular weight is 315 g/mol. The predicted molar refractivity (Wildman–Crippen MR) is 84.6 cm³/mol. The highest BCUT2D eigenvalue weighted by molar-refractivity contribution is 6.35. The van der Waals surface area contributed by atoms with Gasteiger partial charge in [0.05, 0.1) is 10.7 Å². The summed E-state index contributed by atoms with van der Waals surface area (Å²) in [5.74, 6) is -0.0228. The van der Waals surface area contributed by atoms with Crippen LogP contribution < -0.4 is 10.6 Å². The Morgan fingerprint density at radius 2 is 1.95 bits per heavy atom. The van der Waals surface area contributed by atoms with Crippen molar-refractivity contribution in [3.63, 3.8) is 0 Å². The van der Waals surface area contributed by atoms with Crippen LogP contribution in [0.1, 0.15) is 38.5 Å². The smallest absolute Gasteiger partial charge is 0.226 e. The van der Waals surface area contributed by atoms with Crippen LogP contribution in [0.15, 0.2) is 18.2 Å². The molecule has 20 heavy (non-hydrogen) atoms. The number of hydrogen-bond acceptors (Lipinski definition) is 2. The van der Waals surface area contributed by atoms with E-state index < -0.39 is 0 Å². The second-order valence-electron chi connectivity index (χ2n) is 5.44. The summed E-state index contributed by atoms with van der Waals surface area (Å²) in [4.78, 5) is 12.3. The van der Waals surface area contributed by atoms with Gasteiger partial charge in [0, 0.05) is 17.0 Å². The fraction of sp³-hybridized carbons (Fsp3) is 0.533. The lowest BCUT2D eigenvalue weighted by Gasteiger charge is -2.36. The predicted octanol–water partition coefficient (Wildman–Crippen LogP) is 4.24. The maximum atomic E-state index is 12.3. The van der Waals surface area contributed by atoms with Crippen molar-refractivity contribution < 1.29 is 4.79 Å². The maximum Gasteiger partial charge on any atom is 0.226 e. The van der Waals surface area contributed by atoms with E-state index in [-0.39, 0.29) is 11.4 Å². The van der Waals surface area contributed by atoms with Crippen molar-refractivity contribution >= 4 is 34.8 Å². The number of nitrogens with one attached hydrogen (secondary N) is 2. The van der Waals surface area contributed by atoms with Gasteiger partial charge in [-0.2, -0.15) is 0 Å². The first-order chi connectivity index (χ1) is 9.54. The average Bonchev–Trinajstić information content (AvgIpc) is 2.44. The minimum absolute atomic E-state index is 0.0228. The first-order valence-electron chi connectivity index (χ1n) is 6.98. The van der Waals surface area contributed by atoms with Crippen molar-refractivity contribution in [3.8, 4) is 0 Å². The molecule has 1 aliphatic carbocycles. The Bertz CT molecular complexity index is 485. The summed E-state index contributed by atoms with van der Waals surface area (Å²) in [6, 6.07) is 5.07. The molecule has 1 aromatic carbocycles. The van der Waals surface area contributed by atoms with E-state index in [2.05, 4.69) is 10.6 Å². The lowest BCUT2D eigenvalue weighted by Crippen LogP contribution is -2.47. The maximum absolute atomic E-state index is 12.3. The Morgan fingerprint density at radius 3 is 2.60 bits per heavy atom. The van der Waals surface area contributed by atoms with Gasteiger partial charge in [0.1, 0.15) is 0 Å². The Labute approximate surface area is 130 Å². The second-order valence-corrected chi connectivity index (χ2v) is 6.28. The van der Waals surface area contributed by atoms with Crippen molar-refractivity contribution in [2.75, 3.05) is 12.4 Å². The largest absolute Gasteiger partial charge is 0.325 e.